The Labute approximate surface area is 179 Å². The fourth-order valence-corrected chi connectivity index (χ4v) is 3.73. The van der Waals surface area contributed by atoms with Crippen molar-refractivity contribution in [3.05, 3.63) is 88.6 Å². The molecule has 1 aliphatic rings. The highest BCUT2D eigenvalue weighted by molar-refractivity contribution is 6.31. The van der Waals surface area contributed by atoms with Crippen molar-refractivity contribution >= 4 is 29.0 Å². The van der Waals surface area contributed by atoms with Gasteiger partial charge in [0, 0.05) is 36.0 Å². The summed E-state index contributed by atoms with van der Waals surface area (Å²) in [7, 11) is 0. The second-order valence-corrected chi connectivity index (χ2v) is 7.46. The van der Waals surface area contributed by atoms with Crippen LogP contribution in [0, 0.1) is 0 Å². The molecule has 1 saturated heterocycles. The molecule has 0 spiro atoms. The molecule has 1 amide bonds. The van der Waals surface area contributed by atoms with Crippen LogP contribution in [0.25, 0.3) is 0 Å². The lowest BCUT2D eigenvalue weighted by Gasteiger charge is -2.22. The Morgan fingerprint density at radius 2 is 1.87 bits per heavy atom. The quantitative estimate of drug-likeness (QED) is 0.613. The predicted molar refractivity (Wildman–Crippen MR) is 115 cm³/mol. The highest BCUT2D eigenvalue weighted by atomic mass is 35.5. The molecule has 0 unspecified atom stereocenters. The molecule has 0 saturated carbocycles. The van der Waals surface area contributed by atoms with Crippen molar-refractivity contribution in [2.75, 3.05) is 18.0 Å². The maximum atomic E-state index is 12.7. The Morgan fingerprint density at radius 1 is 1.07 bits per heavy atom. The minimum Gasteiger partial charge on any atom is -0.471 e. The average Bonchev–Trinajstić information content (AvgIpc) is 3.23. The second-order valence-electron chi connectivity index (χ2n) is 7.06. The zero-order valence-electron chi connectivity index (χ0n) is 16.1. The van der Waals surface area contributed by atoms with Crippen molar-refractivity contribution in [1.82, 2.24) is 4.98 Å². The van der Waals surface area contributed by atoms with Gasteiger partial charge in [-0.15, -0.1) is 0 Å². The molecule has 1 atom stereocenters. The van der Waals surface area contributed by atoms with E-state index >= 15 is 0 Å². The number of benzene rings is 2. The molecule has 152 valence electrons. The van der Waals surface area contributed by atoms with Gasteiger partial charge >= 0.3 is 0 Å². The summed E-state index contributed by atoms with van der Waals surface area (Å²) in [4.78, 5) is 31.1. The van der Waals surface area contributed by atoms with Gasteiger partial charge in [0.2, 0.25) is 5.88 Å². The summed E-state index contributed by atoms with van der Waals surface area (Å²) in [5.41, 5.74) is 7.61. The Bertz CT molecular complexity index is 1090. The monoisotopic (exact) mass is 421 g/mol. The highest BCUT2D eigenvalue weighted by Crippen LogP contribution is 2.29. The third kappa shape index (κ3) is 4.14. The maximum Gasteiger partial charge on any atom is 0.250 e. The molecule has 3 aromatic rings. The van der Waals surface area contributed by atoms with Crippen molar-refractivity contribution in [3.63, 3.8) is 0 Å². The molecule has 0 radical (unpaired) electrons. The van der Waals surface area contributed by atoms with Crippen LogP contribution in [0.2, 0.25) is 5.02 Å². The number of nitrogens with zero attached hydrogens (tertiary/aromatic N) is 2. The molecule has 30 heavy (non-hydrogen) atoms. The lowest BCUT2D eigenvalue weighted by molar-refractivity contribution is 0.100. The van der Waals surface area contributed by atoms with Gasteiger partial charge in [-0.3, -0.25) is 9.59 Å². The van der Waals surface area contributed by atoms with E-state index < -0.39 is 5.91 Å². The third-order valence-electron chi connectivity index (χ3n) is 5.05. The molecule has 0 aliphatic carbocycles. The van der Waals surface area contributed by atoms with Crippen LogP contribution in [0.1, 0.15) is 32.7 Å². The fourth-order valence-electron chi connectivity index (χ4n) is 3.57. The van der Waals surface area contributed by atoms with Crippen LogP contribution in [0.15, 0.2) is 66.9 Å². The number of hydrogen-bond acceptors (Lipinski definition) is 5. The minimum atomic E-state index is -0.579. The highest BCUT2D eigenvalue weighted by Gasteiger charge is 2.28. The van der Waals surface area contributed by atoms with Crippen molar-refractivity contribution in [3.8, 4) is 5.88 Å². The number of hydrogen-bond donors (Lipinski definition) is 1. The average molecular weight is 422 g/mol. The molecule has 2 N–H and O–H groups in total. The largest absolute Gasteiger partial charge is 0.471 e. The van der Waals surface area contributed by atoms with E-state index in [0.29, 0.717) is 46.4 Å². The zero-order valence-corrected chi connectivity index (χ0v) is 16.9. The Hall–Kier alpha value is -3.38. The predicted octanol–water partition coefficient (Wildman–Crippen LogP) is 3.72. The van der Waals surface area contributed by atoms with E-state index in [1.165, 1.54) is 0 Å². The third-order valence-corrected chi connectivity index (χ3v) is 5.34. The number of rotatable bonds is 6. The van der Waals surface area contributed by atoms with E-state index in [0.717, 1.165) is 6.42 Å². The number of carbonyl (C=O) groups is 2. The van der Waals surface area contributed by atoms with E-state index in [1.807, 2.05) is 11.0 Å². The maximum absolute atomic E-state index is 12.7. The van der Waals surface area contributed by atoms with E-state index in [1.54, 1.807) is 60.8 Å². The van der Waals surface area contributed by atoms with Gasteiger partial charge in [0.1, 0.15) is 11.1 Å². The van der Waals surface area contributed by atoms with Crippen LogP contribution in [0.5, 0.6) is 5.88 Å². The molecule has 0 bridgehead atoms. The topological polar surface area (TPSA) is 85.5 Å². The number of pyridine rings is 1. The number of halogens is 1. The van der Waals surface area contributed by atoms with Gasteiger partial charge in [0.15, 0.2) is 5.78 Å². The van der Waals surface area contributed by atoms with Crippen molar-refractivity contribution in [2.24, 2.45) is 5.73 Å². The zero-order chi connectivity index (χ0) is 21.1. The van der Waals surface area contributed by atoms with Crippen molar-refractivity contribution in [2.45, 2.75) is 12.5 Å². The number of amides is 1. The van der Waals surface area contributed by atoms with Gasteiger partial charge in [-0.25, -0.2) is 4.98 Å². The molecule has 6 nitrogen and oxygen atoms in total. The van der Waals surface area contributed by atoms with Crippen LogP contribution in [-0.4, -0.2) is 35.9 Å². The summed E-state index contributed by atoms with van der Waals surface area (Å²) in [5.74, 6) is -0.341. The lowest BCUT2D eigenvalue weighted by Crippen LogP contribution is -2.27. The number of carbonyl (C=O) groups excluding carboxylic acids is 2. The van der Waals surface area contributed by atoms with Gasteiger partial charge in [-0.05, 0) is 30.3 Å². The van der Waals surface area contributed by atoms with E-state index in [4.69, 9.17) is 22.1 Å². The smallest absolute Gasteiger partial charge is 0.250 e. The standard InChI is InChI=1S/C23H20ClN3O3/c24-19-7-4-11-26-23(19)30-17-10-12-27(14-17)20-9-8-16(13-18(20)22(25)29)21(28)15-5-2-1-3-6-15/h1-9,11,13,17H,10,12,14H2,(H2,25,29)/t17-/m0/s1. The summed E-state index contributed by atoms with van der Waals surface area (Å²) in [5, 5.41) is 0.456. The van der Waals surface area contributed by atoms with Crippen LogP contribution in [0.3, 0.4) is 0 Å². The Morgan fingerprint density at radius 3 is 2.60 bits per heavy atom. The molecule has 1 aromatic heterocycles. The fraction of sp³-hybridized carbons (Fsp3) is 0.174. The van der Waals surface area contributed by atoms with Crippen LogP contribution in [-0.2, 0) is 0 Å². The lowest BCUT2D eigenvalue weighted by atomic mass is 9.99. The minimum absolute atomic E-state index is 0.122. The van der Waals surface area contributed by atoms with Gasteiger partial charge < -0.3 is 15.4 Å². The number of ether oxygens (including phenoxy) is 1. The number of nitrogens with two attached hydrogens (primary N) is 1. The normalized spacial score (nSPS) is 15.8. The molecule has 4 rings (SSSR count). The number of primary amides is 1. The first-order chi connectivity index (χ1) is 14.5. The SMILES string of the molecule is NC(=O)c1cc(C(=O)c2ccccc2)ccc1N1CC[C@H](Oc2ncccc2Cl)C1. The summed E-state index contributed by atoms with van der Waals surface area (Å²) in [6, 6.07) is 17.5. The first-order valence-electron chi connectivity index (χ1n) is 9.58. The summed E-state index contributed by atoms with van der Waals surface area (Å²) in [6.45, 7) is 1.24. The molecule has 7 heteroatoms. The van der Waals surface area contributed by atoms with Gasteiger partial charge in [-0.1, -0.05) is 41.9 Å². The van der Waals surface area contributed by atoms with Crippen LogP contribution in [0.4, 0.5) is 5.69 Å². The summed E-state index contributed by atoms with van der Waals surface area (Å²) >= 11 is 6.13. The molecular formula is C23H20ClN3O3. The molecule has 1 fully saturated rings. The van der Waals surface area contributed by atoms with E-state index in [-0.39, 0.29) is 11.9 Å². The number of anilines is 1. The Balaban J connectivity index is 1.55. The summed E-state index contributed by atoms with van der Waals surface area (Å²) < 4.78 is 5.92. The van der Waals surface area contributed by atoms with Crippen LogP contribution < -0.4 is 15.4 Å². The number of aromatic nitrogens is 1. The Kier molecular flexibility index (Phi) is 5.68. The van der Waals surface area contributed by atoms with Gasteiger partial charge in [-0.2, -0.15) is 0 Å². The second kappa shape index (κ2) is 8.55. The molecule has 2 aromatic carbocycles. The first-order valence-corrected chi connectivity index (χ1v) is 9.96. The van der Waals surface area contributed by atoms with Gasteiger partial charge in [0.05, 0.1) is 12.1 Å². The van der Waals surface area contributed by atoms with Crippen LogP contribution >= 0.6 is 11.6 Å². The van der Waals surface area contributed by atoms with E-state index in [9.17, 15) is 9.59 Å². The first kappa shape index (κ1) is 19.9. The molecular weight excluding hydrogens is 402 g/mol. The number of ketones is 1. The van der Waals surface area contributed by atoms with Crippen molar-refractivity contribution < 1.29 is 14.3 Å². The van der Waals surface area contributed by atoms with Gasteiger partial charge in [0.25, 0.3) is 5.91 Å². The molecule has 2 heterocycles. The van der Waals surface area contributed by atoms with E-state index in [2.05, 4.69) is 4.98 Å². The molecule has 1 aliphatic heterocycles. The van der Waals surface area contributed by atoms with Crippen molar-refractivity contribution in [1.29, 1.82) is 0 Å². The summed E-state index contributed by atoms with van der Waals surface area (Å²) in [6.07, 6.45) is 2.25.